The number of thioether (sulfide) groups is 1. The van der Waals surface area contributed by atoms with Gasteiger partial charge in [0.15, 0.2) is 5.16 Å². The monoisotopic (exact) mass is 309 g/mol. The minimum atomic E-state index is -0.921. The Morgan fingerprint density at radius 1 is 1.52 bits per heavy atom. The van der Waals surface area contributed by atoms with Crippen LogP contribution in [0.4, 0.5) is 0 Å². The van der Waals surface area contributed by atoms with Crippen molar-refractivity contribution < 1.29 is 9.90 Å². The molecule has 0 atom stereocenters. The van der Waals surface area contributed by atoms with Crippen LogP contribution in [0.2, 0.25) is 0 Å². The maximum Gasteiger partial charge on any atom is 0.313 e. The molecule has 0 aliphatic rings. The Labute approximate surface area is 126 Å². The first-order valence-electron chi connectivity index (χ1n) is 6.83. The molecule has 0 unspecified atom stereocenters. The number of aromatic amines is 1. The molecule has 7 heteroatoms. The predicted octanol–water partition coefficient (Wildman–Crippen LogP) is 2.26. The summed E-state index contributed by atoms with van der Waals surface area (Å²) < 4.78 is 1.58. The Morgan fingerprint density at radius 3 is 2.86 bits per heavy atom. The number of aliphatic carboxylic acids is 1. The lowest BCUT2D eigenvalue weighted by atomic mass is 10.1. The van der Waals surface area contributed by atoms with Gasteiger partial charge in [0.2, 0.25) is 0 Å². The third kappa shape index (κ3) is 3.66. The number of nitrogens with one attached hydrogen (secondary N) is 1. The summed E-state index contributed by atoms with van der Waals surface area (Å²) in [5.41, 5.74) is 1.80. The maximum atomic E-state index is 12.6. The van der Waals surface area contributed by atoms with Crippen molar-refractivity contribution in [2.24, 2.45) is 5.92 Å². The van der Waals surface area contributed by atoms with E-state index in [9.17, 15) is 9.59 Å². The molecule has 2 rings (SSSR count). The van der Waals surface area contributed by atoms with Crippen LogP contribution in [0.3, 0.4) is 0 Å². The summed E-state index contributed by atoms with van der Waals surface area (Å²) in [6.07, 6.45) is 0.841. The van der Waals surface area contributed by atoms with Crippen LogP contribution in [0.5, 0.6) is 0 Å². The second-order valence-electron chi connectivity index (χ2n) is 5.43. The van der Waals surface area contributed by atoms with Gasteiger partial charge in [-0.1, -0.05) is 25.6 Å². The highest BCUT2D eigenvalue weighted by Gasteiger charge is 2.14. The fraction of sp³-hybridized carbons (Fsp3) is 0.500. The minimum Gasteiger partial charge on any atom is -0.481 e. The number of rotatable bonds is 6. The molecule has 0 saturated heterocycles. The van der Waals surface area contributed by atoms with Gasteiger partial charge in [0, 0.05) is 12.2 Å². The number of H-pyrrole nitrogens is 1. The number of hydrogen-bond acceptors (Lipinski definition) is 4. The molecule has 0 spiro atoms. The van der Waals surface area contributed by atoms with Crippen molar-refractivity contribution in [1.82, 2.24) is 14.5 Å². The summed E-state index contributed by atoms with van der Waals surface area (Å²) in [5, 5.41) is 9.30. The average Bonchev–Trinajstić information content (AvgIpc) is 2.76. The molecule has 0 bridgehead atoms. The fourth-order valence-electron chi connectivity index (χ4n) is 2.03. The molecule has 114 valence electrons. The molecule has 2 aromatic rings. The molecule has 6 nitrogen and oxygen atoms in total. The number of fused-ring (bicyclic) bond motifs is 1. The van der Waals surface area contributed by atoms with Gasteiger partial charge in [-0.25, -0.2) is 4.98 Å². The number of hydrogen-bond donors (Lipinski definition) is 2. The van der Waals surface area contributed by atoms with Crippen molar-refractivity contribution in [1.29, 1.82) is 0 Å². The van der Waals surface area contributed by atoms with E-state index in [1.165, 1.54) is 0 Å². The first-order valence-corrected chi connectivity index (χ1v) is 7.81. The van der Waals surface area contributed by atoms with E-state index in [2.05, 4.69) is 23.8 Å². The molecule has 0 amide bonds. The first kappa shape index (κ1) is 15.6. The summed E-state index contributed by atoms with van der Waals surface area (Å²) >= 11 is 1.08. The van der Waals surface area contributed by atoms with Gasteiger partial charge in [0.25, 0.3) is 5.56 Å². The lowest BCUT2D eigenvalue weighted by Crippen LogP contribution is -2.24. The smallest absolute Gasteiger partial charge is 0.313 e. The third-order valence-electron chi connectivity index (χ3n) is 3.09. The van der Waals surface area contributed by atoms with Crippen LogP contribution in [0.25, 0.3) is 11.0 Å². The normalized spacial score (nSPS) is 11.4. The Hall–Kier alpha value is -1.76. The van der Waals surface area contributed by atoms with Gasteiger partial charge < -0.3 is 10.1 Å². The topological polar surface area (TPSA) is 88.0 Å². The zero-order valence-corrected chi connectivity index (χ0v) is 13.2. The van der Waals surface area contributed by atoms with E-state index in [4.69, 9.17) is 5.11 Å². The molecule has 0 aliphatic carbocycles. The number of carbonyl (C=O) groups is 1. The van der Waals surface area contributed by atoms with Crippen LogP contribution in [0, 0.1) is 12.8 Å². The summed E-state index contributed by atoms with van der Waals surface area (Å²) in [6.45, 7) is 6.57. The first-order chi connectivity index (χ1) is 9.88. The molecule has 2 N–H and O–H groups in total. The lowest BCUT2D eigenvalue weighted by Gasteiger charge is -2.12. The third-order valence-corrected chi connectivity index (χ3v) is 4.05. The Morgan fingerprint density at radius 2 is 2.24 bits per heavy atom. The number of carboxylic acids is 1. The van der Waals surface area contributed by atoms with Crippen molar-refractivity contribution in [2.45, 2.75) is 38.9 Å². The molecule has 0 radical (unpaired) electrons. The van der Waals surface area contributed by atoms with Crippen molar-refractivity contribution >= 4 is 28.8 Å². The zero-order chi connectivity index (χ0) is 15.6. The van der Waals surface area contributed by atoms with Gasteiger partial charge in [-0.05, 0) is 25.3 Å². The fourth-order valence-corrected chi connectivity index (χ4v) is 2.78. The standard InChI is InChI=1S/C14H19N3O3S/c1-8(2)4-5-17-13(20)12-10(6-9(3)15-12)16-14(17)21-7-11(18)19/h6,8,15H,4-5,7H2,1-3H3,(H,18,19). The molecule has 0 aliphatic heterocycles. The molecule has 0 fully saturated rings. The summed E-state index contributed by atoms with van der Waals surface area (Å²) in [5.74, 6) is -0.575. The Bertz CT molecular complexity index is 718. The SMILES string of the molecule is Cc1cc2nc(SCC(=O)O)n(CCC(C)C)c(=O)c2[nH]1. The van der Waals surface area contributed by atoms with E-state index in [1.807, 2.05) is 6.92 Å². The highest BCUT2D eigenvalue weighted by Crippen LogP contribution is 2.19. The molecule has 2 aromatic heterocycles. The number of aryl methyl sites for hydroxylation is 1. The van der Waals surface area contributed by atoms with Gasteiger partial charge in [-0.2, -0.15) is 0 Å². The van der Waals surface area contributed by atoms with Crippen molar-refractivity contribution in [3.63, 3.8) is 0 Å². The molecule has 21 heavy (non-hydrogen) atoms. The summed E-state index contributed by atoms with van der Waals surface area (Å²) in [6, 6.07) is 1.80. The van der Waals surface area contributed by atoms with E-state index in [1.54, 1.807) is 10.6 Å². The van der Waals surface area contributed by atoms with Gasteiger partial charge >= 0.3 is 5.97 Å². The van der Waals surface area contributed by atoms with Crippen LogP contribution < -0.4 is 5.56 Å². The van der Waals surface area contributed by atoms with E-state index in [0.29, 0.717) is 28.7 Å². The average molecular weight is 309 g/mol. The second-order valence-corrected chi connectivity index (χ2v) is 6.37. The molecule has 0 saturated carbocycles. The van der Waals surface area contributed by atoms with Gasteiger partial charge in [0.05, 0.1) is 11.3 Å². The van der Waals surface area contributed by atoms with Crippen molar-refractivity contribution in [2.75, 3.05) is 5.75 Å². The molecular weight excluding hydrogens is 290 g/mol. The predicted molar refractivity (Wildman–Crippen MR) is 82.9 cm³/mol. The van der Waals surface area contributed by atoms with E-state index < -0.39 is 5.97 Å². The highest BCUT2D eigenvalue weighted by molar-refractivity contribution is 7.99. The van der Waals surface area contributed by atoms with Crippen molar-refractivity contribution in [3.05, 3.63) is 22.1 Å². The molecular formula is C14H19N3O3S. The number of carboxylic acid groups (broad SMARTS) is 1. The van der Waals surface area contributed by atoms with E-state index >= 15 is 0 Å². The largest absolute Gasteiger partial charge is 0.481 e. The molecule has 2 heterocycles. The van der Waals surface area contributed by atoms with Crippen molar-refractivity contribution in [3.8, 4) is 0 Å². The summed E-state index contributed by atoms with van der Waals surface area (Å²) in [7, 11) is 0. The second kappa shape index (κ2) is 6.34. The Kier molecular flexibility index (Phi) is 4.72. The molecule has 0 aromatic carbocycles. The number of aromatic nitrogens is 3. The Balaban J connectivity index is 2.48. The van der Waals surface area contributed by atoms with Crippen LogP contribution in [-0.4, -0.2) is 31.4 Å². The highest BCUT2D eigenvalue weighted by atomic mass is 32.2. The van der Waals surface area contributed by atoms with Gasteiger partial charge in [0.1, 0.15) is 5.52 Å². The van der Waals surface area contributed by atoms with Crippen LogP contribution in [-0.2, 0) is 11.3 Å². The lowest BCUT2D eigenvalue weighted by molar-refractivity contribution is -0.133. The minimum absolute atomic E-state index is 0.108. The quantitative estimate of drug-likeness (QED) is 0.631. The number of nitrogens with zero attached hydrogens (tertiary/aromatic N) is 2. The van der Waals surface area contributed by atoms with Crippen LogP contribution in [0.1, 0.15) is 26.0 Å². The van der Waals surface area contributed by atoms with Gasteiger partial charge in [-0.3, -0.25) is 14.2 Å². The van der Waals surface area contributed by atoms with E-state index in [-0.39, 0.29) is 11.3 Å². The maximum absolute atomic E-state index is 12.6. The van der Waals surface area contributed by atoms with Crippen LogP contribution >= 0.6 is 11.8 Å². The zero-order valence-electron chi connectivity index (χ0n) is 12.3. The van der Waals surface area contributed by atoms with Gasteiger partial charge in [-0.15, -0.1) is 0 Å². The van der Waals surface area contributed by atoms with Crippen LogP contribution in [0.15, 0.2) is 16.0 Å². The summed E-state index contributed by atoms with van der Waals surface area (Å²) in [4.78, 5) is 30.8. The van der Waals surface area contributed by atoms with E-state index in [0.717, 1.165) is 23.9 Å².